The van der Waals surface area contributed by atoms with Crippen molar-refractivity contribution in [2.24, 2.45) is 0 Å². The van der Waals surface area contributed by atoms with Gasteiger partial charge >= 0.3 is 0 Å². The molecule has 0 nitrogen and oxygen atoms in total. The van der Waals surface area contributed by atoms with Gasteiger partial charge in [-0.15, -0.1) is 22.7 Å². The molecule has 0 amide bonds. The highest BCUT2D eigenvalue weighted by atomic mass is 32.1. The van der Waals surface area contributed by atoms with Crippen LogP contribution in [0.2, 0.25) is 0 Å². The van der Waals surface area contributed by atoms with Gasteiger partial charge in [0.25, 0.3) is 0 Å². The van der Waals surface area contributed by atoms with Crippen LogP contribution in [0.4, 0.5) is 0 Å². The highest BCUT2D eigenvalue weighted by Crippen LogP contribution is 2.46. The number of benzene rings is 9. The number of thiophene rings is 2. The summed E-state index contributed by atoms with van der Waals surface area (Å²) in [6.45, 7) is 0. The molecule has 0 unspecified atom stereocenters. The van der Waals surface area contributed by atoms with Crippen molar-refractivity contribution in [2.75, 3.05) is 0 Å². The molecule has 0 saturated heterocycles. The van der Waals surface area contributed by atoms with E-state index in [1.165, 1.54) is 106 Å². The summed E-state index contributed by atoms with van der Waals surface area (Å²) in [6.07, 6.45) is 0. The predicted molar refractivity (Wildman–Crippen MR) is 221 cm³/mol. The summed E-state index contributed by atoms with van der Waals surface area (Å²) in [4.78, 5) is 0. The Morgan fingerprint density at radius 1 is 0.260 bits per heavy atom. The van der Waals surface area contributed by atoms with Crippen molar-refractivity contribution >= 4 is 95.3 Å². The van der Waals surface area contributed by atoms with E-state index >= 15 is 0 Å². The zero-order valence-corrected chi connectivity index (χ0v) is 28.6. The lowest BCUT2D eigenvalue weighted by molar-refractivity contribution is 1.63. The van der Waals surface area contributed by atoms with E-state index in [1.54, 1.807) is 0 Å². The molecule has 0 saturated carbocycles. The van der Waals surface area contributed by atoms with Gasteiger partial charge in [0.1, 0.15) is 0 Å². The van der Waals surface area contributed by atoms with Gasteiger partial charge in [-0.1, -0.05) is 133 Å². The minimum atomic E-state index is 1.23. The first-order valence-electron chi connectivity index (χ1n) is 17.1. The van der Waals surface area contributed by atoms with Crippen LogP contribution in [-0.4, -0.2) is 0 Å². The molecule has 11 rings (SSSR count). The molecule has 0 spiro atoms. The fourth-order valence-electron chi connectivity index (χ4n) is 8.17. The summed E-state index contributed by atoms with van der Waals surface area (Å²) in [7, 11) is 0. The van der Waals surface area contributed by atoms with Gasteiger partial charge in [-0.05, 0) is 96.7 Å². The highest BCUT2D eigenvalue weighted by molar-refractivity contribution is 7.27. The van der Waals surface area contributed by atoms with Crippen molar-refractivity contribution in [1.29, 1.82) is 0 Å². The molecule has 0 N–H and O–H groups in total. The minimum absolute atomic E-state index is 1.23. The van der Waals surface area contributed by atoms with E-state index in [0.29, 0.717) is 0 Å². The Hall–Kier alpha value is -5.80. The van der Waals surface area contributed by atoms with E-state index in [2.05, 4.69) is 170 Å². The quantitative estimate of drug-likeness (QED) is 0.164. The van der Waals surface area contributed by atoms with Gasteiger partial charge in [0.2, 0.25) is 0 Å². The lowest BCUT2D eigenvalue weighted by Gasteiger charge is -2.18. The lowest BCUT2D eigenvalue weighted by Crippen LogP contribution is -1.91. The van der Waals surface area contributed by atoms with E-state index in [4.69, 9.17) is 0 Å². The van der Waals surface area contributed by atoms with E-state index in [9.17, 15) is 0 Å². The molecule has 0 bridgehead atoms. The number of hydrogen-bond acceptors (Lipinski definition) is 2. The normalized spacial score (nSPS) is 12.0. The molecule has 232 valence electrons. The fraction of sp³-hybridized carbons (Fsp3) is 0. The molecular weight excluding hydrogens is 641 g/mol. The third-order valence-electron chi connectivity index (χ3n) is 10.4. The van der Waals surface area contributed by atoms with Gasteiger partial charge in [0.05, 0.1) is 0 Å². The van der Waals surface area contributed by atoms with Gasteiger partial charge in [0, 0.05) is 45.7 Å². The summed E-state index contributed by atoms with van der Waals surface area (Å²) in [5, 5.41) is 13.2. The Labute approximate surface area is 297 Å². The molecule has 9 aromatic carbocycles. The van der Waals surface area contributed by atoms with E-state index in [-0.39, 0.29) is 0 Å². The van der Waals surface area contributed by atoms with Crippen LogP contribution in [0.1, 0.15) is 0 Å². The van der Waals surface area contributed by atoms with Crippen LogP contribution in [0.25, 0.3) is 106 Å². The maximum absolute atomic E-state index is 2.43. The largest absolute Gasteiger partial charge is 0.135 e. The summed E-state index contributed by atoms with van der Waals surface area (Å²) in [6, 6.07) is 63.1. The van der Waals surface area contributed by atoms with Gasteiger partial charge in [-0.3, -0.25) is 0 Å². The second kappa shape index (κ2) is 10.9. The molecule has 2 heterocycles. The number of rotatable bonds is 3. The van der Waals surface area contributed by atoms with E-state index < -0.39 is 0 Å². The Morgan fingerprint density at radius 2 is 0.840 bits per heavy atom. The van der Waals surface area contributed by atoms with Crippen LogP contribution in [0.3, 0.4) is 0 Å². The molecule has 0 aliphatic carbocycles. The summed E-state index contributed by atoms with van der Waals surface area (Å²) in [5.74, 6) is 0. The molecular formula is C48H28S2. The summed E-state index contributed by atoms with van der Waals surface area (Å²) in [5.41, 5.74) is 7.55. The average Bonchev–Trinajstić information content (AvgIpc) is 3.74. The molecule has 0 fully saturated rings. The average molecular weight is 669 g/mol. The number of fused-ring (bicyclic) bond motifs is 10. The standard InChI is InChI=1S/C48H28S2/c1-2-11-29(12-3-1)46-35-16-4-6-18-37(35)47(38-19-7-5-17-36(38)46)33-14-10-13-30(25-33)31-22-24-44-41(26-31)42-27-32-21-23-39-34-15-8-9-20-43(34)50-48(39)40(32)28-45(42)49-44/h1-28H. The van der Waals surface area contributed by atoms with Crippen molar-refractivity contribution in [3.8, 4) is 33.4 Å². The molecule has 2 aromatic heterocycles. The van der Waals surface area contributed by atoms with Gasteiger partial charge in [0.15, 0.2) is 0 Å². The summed E-state index contributed by atoms with van der Waals surface area (Å²) < 4.78 is 5.42. The third kappa shape index (κ3) is 4.16. The molecule has 50 heavy (non-hydrogen) atoms. The lowest BCUT2D eigenvalue weighted by atomic mass is 9.85. The first-order valence-corrected chi connectivity index (χ1v) is 18.7. The SMILES string of the molecule is c1ccc(-c2c3ccccc3c(-c3cccc(-c4ccc5sc6cc7c(ccc8c9ccccc9sc78)cc6c5c4)c3)c3ccccc23)cc1. The molecule has 0 atom stereocenters. The zero-order chi connectivity index (χ0) is 32.8. The molecule has 0 radical (unpaired) electrons. The van der Waals surface area contributed by atoms with Crippen molar-refractivity contribution in [1.82, 2.24) is 0 Å². The predicted octanol–water partition coefficient (Wildman–Crippen LogP) is 14.9. The molecule has 0 aliphatic heterocycles. The topological polar surface area (TPSA) is 0 Å². The fourth-order valence-corrected chi connectivity index (χ4v) is 10.5. The Balaban J connectivity index is 1.09. The Bertz CT molecular complexity index is 3080. The maximum Gasteiger partial charge on any atom is 0.0434 e. The monoisotopic (exact) mass is 668 g/mol. The second-order valence-corrected chi connectivity index (χ2v) is 15.3. The van der Waals surface area contributed by atoms with Gasteiger partial charge < -0.3 is 0 Å². The smallest absolute Gasteiger partial charge is 0.0434 e. The van der Waals surface area contributed by atoms with Gasteiger partial charge in [-0.25, -0.2) is 0 Å². The van der Waals surface area contributed by atoms with Crippen molar-refractivity contribution in [2.45, 2.75) is 0 Å². The van der Waals surface area contributed by atoms with Crippen LogP contribution >= 0.6 is 22.7 Å². The van der Waals surface area contributed by atoms with Crippen LogP contribution in [0.15, 0.2) is 170 Å². The maximum atomic E-state index is 2.43. The minimum Gasteiger partial charge on any atom is -0.135 e. The molecule has 11 aromatic rings. The van der Waals surface area contributed by atoms with Crippen LogP contribution in [-0.2, 0) is 0 Å². The Morgan fingerprint density at radius 3 is 1.60 bits per heavy atom. The first-order chi connectivity index (χ1) is 24.8. The van der Waals surface area contributed by atoms with Crippen molar-refractivity contribution in [3.05, 3.63) is 170 Å². The highest BCUT2D eigenvalue weighted by Gasteiger charge is 2.17. The van der Waals surface area contributed by atoms with Crippen molar-refractivity contribution < 1.29 is 0 Å². The van der Waals surface area contributed by atoms with Crippen molar-refractivity contribution in [3.63, 3.8) is 0 Å². The first kappa shape index (κ1) is 28.1. The third-order valence-corrected chi connectivity index (χ3v) is 12.8. The molecule has 2 heteroatoms. The summed E-state index contributed by atoms with van der Waals surface area (Å²) >= 11 is 3.81. The van der Waals surface area contributed by atoms with Crippen LogP contribution in [0.5, 0.6) is 0 Å². The zero-order valence-electron chi connectivity index (χ0n) is 27.0. The van der Waals surface area contributed by atoms with E-state index in [1.807, 2.05) is 22.7 Å². The van der Waals surface area contributed by atoms with E-state index in [0.717, 1.165) is 0 Å². The van der Waals surface area contributed by atoms with Crippen LogP contribution in [0, 0.1) is 0 Å². The number of hydrogen-bond donors (Lipinski definition) is 0. The van der Waals surface area contributed by atoms with Crippen LogP contribution < -0.4 is 0 Å². The van der Waals surface area contributed by atoms with Gasteiger partial charge in [-0.2, -0.15) is 0 Å². The second-order valence-electron chi connectivity index (χ2n) is 13.2. The Kier molecular flexibility index (Phi) is 6.09. The molecule has 0 aliphatic rings.